The smallest absolute Gasteiger partial charge is 0.243 e. The van der Waals surface area contributed by atoms with Crippen molar-refractivity contribution < 1.29 is 13.5 Å². The zero-order chi connectivity index (χ0) is 14.0. The van der Waals surface area contributed by atoms with Gasteiger partial charge in [0.1, 0.15) is 0 Å². The summed E-state index contributed by atoms with van der Waals surface area (Å²) in [6.07, 6.45) is 0. The van der Waals surface area contributed by atoms with Crippen LogP contribution >= 0.6 is 0 Å². The third-order valence-corrected chi connectivity index (χ3v) is 4.88. The molecule has 0 saturated carbocycles. The van der Waals surface area contributed by atoms with Gasteiger partial charge in [0.25, 0.3) is 0 Å². The Kier molecular flexibility index (Phi) is 3.75. The van der Waals surface area contributed by atoms with Crippen LogP contribution in [0, 0.1) is 0 Å². The van der Waals surface area contributed by atoms with E-state index in [0.29, 0.717) is 11.1 Å². The minimum atomic E-state index is -3.61. The van der Waals surface area contributed by atoms with E-state index in [0.717, 1.165) is 9.69 Å². The molecule has 0 fully saturated rings. The Hall–Kier alpha value is -1.63. The van der Waals surface area contributed by atoms with Crippen LogP contribution in [0.4, 0.5) is 5.69 Å². The lowest BCUT2D eigenvalue weighted by atomic mass is 10.1. The first-order valence-electron chi connectivity index (χ1n) is 5.82. The molecule has 0 unspecified atom stereocenters. The van der Waals surface area contributed by atoms with Gasteiger partial charge >= 0.3 is 0 Å². The van der Waals surface area contributed by atoms with Crippen molar-refractivity contribution in [3.8, 4) is 0 Å². The minimum Gasteiger partial charge on any atom is -0.399 e. The molecule has 102 valence electrons. The van der Waals surface area contributed by atoms with Gasteiger partial charge in [-0.15, -0.1) is 0 Å². The first-order chi connectivity index (χ1) is 8.96. The van der Waals surface area contributed by atoms with E-state index in [1.807, 2.05) is 6.07 Å². The molecule has 2 aromatic rings. The highest BCUT2D eigenvalue weighted by Crippen LogP contribution is 2.26. The third-order valence-electron chi connectivity index (χ3n) is 2.97. The molecular weight excluding hydrogens is 264 g/mol. The van der Waals surface area contributed by atoms with E-state index in [2.05, 4.69) is 0 Å². The summed E-state index contributed by atoms with van der Waals surface area (Å²) in [7, 11) is -2.16. The summed E-state index contributed by atoms with van der Waals surface area (Å²) < 4.78 is 25.9. The second-order valence-electron chi connectivity index (χ2n) is 4.29. The summed E-state index contributed by atoms with van der Waals surface area (Å²) >= 11 is 0. The molecule has 6 heteroatoms. The molecule has 0 aliphatic carbocycles. The van der Waals surface area contributed by atoms with E-state index in [4.69, 9.17) is 10.8 Å². The maximum absolute atomic E-state index is 12.4. The number of nitrogen functional groups attached to an aromatic ring is 1. The Balaban J connectivity index is 2.63. The Labute approximate surface area is 112 Å². The number of nitrogens with zero attached hydrogens (tertiary/aromatic N) is 1. The van der Waals surface area contributed by atoms with Crippen molar-refractivity contribution >= 4 is 26.5 Å². The molecular formula is C13H16N2O3S. The van der Waals surface area contributed by atoms with Crippen molar-refractivity contribution in [2.45, 2.75) is 4.90 Å². The molecule has 2 aromatic carbocycles. The number of likely N-dealkylation sites (N-methyl/N-ethyl adjacent to an activating group) is 1. The third kappa shape index (κ3) is 2.56. The van der Waals surface area contributed by atoms with Gasteiger partial charge in [-0.3, -0.25) is 0 Å². The first-order valence-corrected chi connectivity index (χ1v) is 7.26. The lowest BCUT2D eigenvalue weighted by molar-refractivity contribution is 0.266. The number of rotatable bonds is 4. The monoisotopic (exact) mass is 280 g/mol. The minimum absolute atomic E-state index is 0.0632. The van der Waals surface area contributed by atoms with E-state index in [1.165, 1.54) is 7.05 Å². The van der Waals surface area contributed by atoms with Crippen LogP contribution in [0.1, 0.15) is 0 Å². The van der Waals surface area contributed by atoms with E-state index in [-0.39, 0.29) is 18.0 Å². The SMILES string of the molecule is CN(CCO)S(=O)(=O)c1cccc2cc(N)ccc12. The summed E-state index contributed by atoms with van der Waals surface area (Å²) in [5.41, 5.74) is 6.29. The predicted octanol–water partition coefficient (Wildman–Crippen LogP) is 1.03. The van der Waals surface area contributed by atoms with Crippen LogP contribution in [0.2, 0.25) is 0 Å². The lowest BCUT2D eigenvalue weighted by Gasteiger charge is -2.17. The van der Waals surface area contributed by atoms with Crippen molar-refractivity contribution in [3.63, 3.8) is 0 Å². The van der Waals surface area contributed by atoms with Crippen LogP contribution in [0.3, 0.4) is 0 Å². The molecule has 0 spiro atoms. The summed E-state index contributed by atoms with van der Waals surface area (Å²) in [5.74, 6) is 0. The molecule has 0 aliphatic heterocycles. The fourth-order valence-corrected chi connectivity index (χ4v) is 3.30. The number of hydrogen-bond acceptors (Lipinski definition) is 4. The van der Waals surface area contributed by atoms with Crippen molar-refractivity contribution in [2.75, 3.05) is 25.9 Å². The maximum Gasteiger partial charge on any atom is 0.243 e. The second kappa shape index (κ2) is 5.16. The fraction of sp³-hybridized carbons (Fsp3) is 0.231. The zero-order valence-electron chi connectivity index (χ0n) is 10.6. The number of fused-ring (bicyclic) bond motifs is 1. The fourth-order valence-electron chi connectivity index (χ4n) is 1.93. The van der Waals surface area contributed by atoms with Crippen LogP contribution in [-0.4, -0.2) is 38.0 Å². The topological polar surface area (TPSA) is 83.6 Å². The number of aliphatic hydroxyl groups excluding tert-OH is 1. The molecule has 0 saturated heterocycles. The molecule has 0 atom stereocenters. The number of aliphatic hydroxyl groups is 1. The summed E-state index contributed by atoms with van der Waals surface area (Å²) in [4.78, 5) is 0.223. The number of nitrogens with two attached hydrogens (primary N) is 1. The van der Waals surface area contributed by atoms with Gasteiger partial charge in [-0.05, 0) is 23.6 Å². The Bertz CT molecular complexity index is 698. The molecule has 0 amide bonds. The summed E-state index contributed by atoms with van der Waals surface area (Å²) in [5, 5.41) is 10.3. The van der Waals surface area contributed by atoms with Crippen molar-refractivity contribution in [1.29, 1.82) is 0 Å². The zero-order valence-corrected chi connectivity index (χ0v) is 11.4. The first kappa shape index (κ1) is 13.8. The average Bonchev–Trinajstić information content (AvgIpc) is 2.37. The van der Waals surface area contributed by atoms with Crippen LogP contribution in [0.5, 0.6) is 0 Å². The average molecular weight is 280 g/mol. The van der Waals surface area contributed by atoms with Gasteiger partial charge in [0.15, 0.2) is 0 Å². The van der Waals surface area contributed by atoms with E-state index in [1.54, 1.807) is 30.3 Å². The largest absolute Gasteiger partial charge is 0.399 e. The van der Waals surface area contributed by atoms with Gasteiger partial charge < -0.3 is 10.8 Å². The molecule has 19 heavy (non-hydrogen) atoms. The molecule has 5 nitrogen and oxygen atoms in total. The molecule has 0 heterocycles. The number of hydrogen-bond donors (Lipinski definition) is 2. The van der Waals surface area contributed by atoms with Gasteiger partial charge in [0.05, 0.1) is 11.5 Å². The van der Waals surface area contributed by atoms with Crippen LogP contribution in [-0.2, 0) is 10.0 Å². The Morgan fingerprint density at radius 2 is 2.00 bits per heavy atom. The molecule has 0 aromatic heterocycles. The quantitative estimate of drug-likeness (QED) is 0.819. The lowest BCUT2D eigenvalue weighted by Crippen LogP contribution is -2.29. The van der Waals surface area contributed by atoms with E-state index < -0.39 is 10.0 Å². The van der Waals surface area contributed by atoms with E-state index >= 15 is 0 Å². The maximum atomic E-state index is 12.4. The molecule has 0 radical (unpaired) electrons. The molecule has 0 bridgehead atoms. The van der Waals surface area contributed by atoms with Gasteiger partial charge in [-0.1, -0.05) is 18.2 Å². The van der Waals surface area contributed by atoms with E-state index in [9.17, 15) is 8.42 Å². The van der Waals surface area contributed by atoms with Crippen molar-refractivity contribution in [3.05, 3.63) is 36.4 Å². The molecule has 3 N–H and O–H groups in total. The van der Waals surface area contributed by atoms with Gasteiger partial charge in [-0.2, -0.15) is 4.31 Å². The Morgan fingerprint density at radius 3 is 2.68 bits per heavy atom. The summed E-state index contributed by atoms with van der Waals surface area (Å²) in [6.45, 7) is -0.152. The van der Waals surface area contributed by atoms with Crippen LogP contribution < -0.4 is 5.73 Å². The highest BCUT2D eigenvalue weighted by Gasteiger charge is 2.22. The predicted molar refractivity (Wildman–Crippen MR) is 75.3 cm³/mol. The standard InChI is InChI=1S/C13H16N2O3S/c1-15(7-8-16)19(17,18)13-4-2-3-10-9-11(14)5-6-12(10)13/h2-6,9,16H,7-8,14H2,1H3. The summed E-state index contributed by atoms with van der Waals surface area (Å²) in [6, 6.07) is 10.2. The number of benzene rings is 2. The van der Waals surface area contributed by atoms with Crippen LogP contribution in [0.25, 0.3) is 10.8 Å². The van der Waals surface area contributed by atoms with Gasteiger partial charge in [0.2, 0.25) is 10.0 Å². The molecule has 0 aliphatic rings. The Morgan fingerprint density at radius 1 is 1.26 bits per heavy atom. The number of anilines is 1. The van der Waals surface area contributed by atoms with Gasteiger partial charge in [0, 0.05) is 24.7 Å². The normalized spacial score (nSPS) is 12.2. The molecule has 2 rings (SSSR count). The second-order valence-corrected chi connectivity index (χ2v) is 6.30. The highest BCUT2D eigenvalue weighted by atomic mass is 32.2. The number of sulfonamides is 1. The highest BCUT2D eigenvalue weighted by molar-refractivity contribution is 7.89. The van der Waals surface area contributed by atoms with Crippen LogP contribution in [0.15, 0.2) is 41.3 Å². The van der Waals surface area contributed by atoms with Crippen molar-refractivity contribution in [2.24, 2.45) is 0 Å². The van der Waals surface area contributed by atoms with Crippen molar-refractivity contribution in [1.82, 2.24) is 4.31 Å². The van der Waals surface area contributed by atoms with Gasteiger partial charge in [-0.25, -0.2) is 8.42 Å².